The van der Waals surface area contributed by atoms with Crippen molar-refractivity contribution in [1.82, 2.24) is 0 Å². The van der Waals surface area contributed by atoms with Crippen molar-refractivity contribution in [2.75, 3.05) is 0 Å². The summed E-state index contributed by atoms with van der Waals surface area (Å²) in [6.07, 6.45) is 9.00. The normalized spacial score (nSPS) is 15.8. The highest BCUT2D eigenvalue weighted by atomic mass is 19.1. The van der Waals surface area contributed by atoms with Gasteiger partial charge in [-0.05, 0) is 12.1 Å². The van der Waals surface area contributed by atoms with E-state index in [1.807, 2.05) is 0 Å². The molecule has 72 valence electrons. The highest BCUT2D eigenvalue weighted by Gasteiger charge is 1.95. The molecule has 0 unspecified atom stereocenters. The molecule has 0 atom stereocenters. The van der Waals surface area contributed by atoms with Crippen LogP contribution in [0.1, 0.15) is 38.5 Å². The molecule has 13 heavy (non-hydrogen) atoms. The minimum atomic E-state index is -0.178. The maximum Gasteiger partial charge on any atom is 0.123 e. The monoisotopic (exact) mass is 180 g/mol. The Kier molecular flexibility index (Phi) is 5.23. The zero-order chi connectivity index (χ0) is 9.36. The Labute approximate surface area is 79.8 Å². The van der Waals surface area contributed by atoms with Crippen molar-refractivity contribution >= 4 is 0 Å². The van der Waals surface area contributed by atoms with Gasteiger partial charge in [0.1, 0.15) is 5.82 Å². The van der Waals surface area contributed by atoms with Gasteiger partial charge in [-0.2, -0.15) is 0 Å². The Hall–Kier alpha value is -0.850. The summed E-state index contributed by atoms with van der Waals surface area (Å²) in [6.45, 7) is 0. The average Bonchev–Trinajstić information content (AvgIpc) is 2.22. The van der Waals surface area contributed by atoms with Crippen molar-refractivity contribution in [3.05, 3.63) is 36.1 Å². The summed E-state index contributed by atoms with van der Waals surface area (Å²) in [5, 5.41) is 0. The Bertz CT molecular complexity index is 190. The third-order valence-corrected chi connectivity index (χ3v) is 2.23. The van der Waals surface area contributed by atoms with Crippen LogP contribution >= 0.6 is 0 Å². The molecule has 0 radical (unpaired) electrons. The lowest BCUT2D eigenvalue weighted by atomic mass is 10.0. The third kappa shape index (κ3) is 5.40. The molecule has 0 amide bonds. The fourth-order valence-electron chi connectivity index (χ4n) is 1.48. The molecule has 0 spiro atoms. The van der Waals surface area contributed by atoms with E-state index in [1.54, 1.807) is 18.2 Å². The van der Waals surface area contributed by atoms with Crippen LogP contribution in [0.15, 0.2) is 30.3 Å². The van der Waals surface area contributed by atoms with Gasteiger partial charge in [0.2, 0.25) is 0 Å². The van der Waals surface area contributed by atoms with Gasteiger partial charge in [0.15, 0.2) is 0 Å². The van der Waals surface area contributed by atoms with Crippen molar-refractivity contribution in [3.8, 4) is 0 Å². The molecule has 1 aliphatic rings. The Morgan fingerprint density at radius 3 is 1.31 bits per heavy atom. The van der Waals surface area contributed by atoms with E-state index in [1.165, 1.54) is 50.7 Å². The molecule has 0 heterocycles. The largest absolute Gasteiger partial charge is 0.207 e. The predicted octanol–water partition coefficient (Wildman–Crippen LogP) is 4.17. The van der Waals surface area contributed by atoms with Crippen LogP contribution in [0.25, 0.3) is 0 Å². The van der Waals surface area contributed by atoms with Gasteiger partial charge in [-0.3, -0.25) is 0 Å². The quantitative estimate of drug-likeness (QED) is 0.562. The summed E-state index contributed by atoms with van der Waals surface area (Å²) < 4.78 is 11.9. The number of halogens is 1. The molecule has 1 aromatic carbocycles. The lowest BCUT2D eigenvalue weighted by Crippen LogP contribution is -1.85. The molecular formula is C12H17F. The molecule has 0 bridgehead atoms. The van der Waals surface area contributed by atoms with Gasteiger partial charge in [0, 0.05) is 0 Å². The summed E-state index contributed by atoms with van der Waals surface area (Å²) in [5.41, 5.74) is 0. The van der Waals surface area contributed by atoms with Gasteiger partial charge in [0.05, 0.1) is 0 Å². The molecule has 0 N–H and O–H groups in total. The fraction of sp³-hybridized carbons (Fsp3) is 0.500. The van der Waals surface area contributed by atoms with Crippen LogP contribution in [0, 0.1) is 5.82 Å². The molecule has 0 nitrogen and oxygen atoms in total. The van der Waals surface area contributed by atoms with Crippen molar-refractivity contribution in [2.24, 2.45) is 0 Å². The van der Waals surface area contributed by atoms with Crippen molar-refractivity contribution in [1.29, 1.82) is 0 Å². The second-order valence-electron chi connectivity index (χ2n) is 3.42. The number of hydrogen-bond acceptors (Lipinski definition) is 0. The molecule has 2 rings (SSSR count). The first kappa shape index (κ1) is 10.2. The van der Waals surface area contributed by atoms with Crippen LogP contribution < -0.4 is 0 Å². The molecule has 1 fully saturated rings. The molecule has 1 saturated carbocycles. The number of benzene rings is 1. The van der Waals surface area contributed by atoms with Crippen LogP contribution in [-0.2, 0) is 0 Å². The standard InChI is InChI=1S/C6H5F.C6H12/c7-6-4-2-1-3-5-6;1-2-4-6-5-3-1/h1-5H;1-6H2. The summed E-state index contributed by atoms with van der Waals surface area (Å²) in [7, 11) is 0. The molecule has 0 aliphatic heterocycles. The Balaban J connectivity index is 0.000000132. The van der Waals surface area contributed by atoms with Gasteiger partial charge in [-0.1, -0.05) is 56.7 Å². The minimum absolute atomic E-state index is 0.178. The zero-order valence-electron chi connectivity index (χ0n) is 8.01. The van der Waals surface area contributed by atoms with Crippen LogP contribution in [-0.4, -0.2) is 0 Å². The lowest BCUT2D eigenvalue weighted by Gasteiger charge is -2.05. The summed E-state index contributed by atoms with van der Waals surface area (Å²) in [5.74, 6) is -0.178. The highest BCUT2D eigenvalue weighted by Crippen LogP contribution is 2.15. The van der Waals surface area contributed by atoms with Crippen molar-refractivity contribution in [3.63, 3.8) is 0 Å². The first-order valence-corrected chi connectivity index (χ1v) is 5.10. The van der Waals surface area contributed by atoms with E-state index in [4.69, 9.17) is 0 Å². The Morgan fingerprint density at radius 2 is 1.08 bits per heavy atom. The van der Waals surface area contributed by atoms with Gasteiger partial charge < -0.3 is 0 Å². The number of hydrogen-bond donors (Lipinski definition) is 0. The summed E-state index contributed by atoms with van der Waals surface area (Å²) >= 11 is 0. The molecule has 1 heteroatoms. The van der Waals surface area contributed by atoms with Crippen LogP contribution in [0.2, 0.25) is 0 Å². The van der Waals surface area contributed by atoms with Gasteiger partial charge in [-0.15, -0.1) is 0 Å². The zero-order valence-corrected chi connectivity index (χ0v) is 8.01. The predicted molar refractivity (Wildman–Crippen MR) is 54.1 cm³/mol. The van der Waals surface area contributed by atoms with E-state index in [-0.39, 0.29) is 5.82 Å². The molecule has 1 aromatic rings. The second-order valence-corrected chi connectivity index (χ2v) is 3.42. The van der Waals surface area contributed by atoms with E-state index in [9.17, 15) is 4.39 Å². The van der Waals surface area contributed by atoms with Crippen LogP contribution in [0.5, 0.6) is 0 Å². The van der Waals surface area contributed by atoms with E-state index >= 15 is 0 Å². The second kappa shape index (κ2) is 6.64. The summed E-state index contributed by atoms with van der Waals surface area (Å²) in [4.78, 5) is 0. The molecule has 1 aliphatic carbocycles. The molecular weight excluding hydrogens is 163 g/mol. The van der Waals surface area contributed by atoms with Crippen LogP contribution in [0.3, 0.4) is 0 Å². The number of rotatable bonds is 0. The van der Waals surface area contributed by atoms with Crippen LogP contribution in [0.4, 0.5) is 4.39 Å². The first-order chi connectivity index (χ1) is 6.39. The topological polar surface area (TPSA) is 0 Å². The van der Waals surface area contributed by atoms with E-state index in [2.05, 4.69) is 0 Å². The van der Waals surface area contributed by atoms with Crippen molar-refractivity contribution in [2.45, 2.75) is 38.5 Å². The SMILES string of the molecule is C1CCCCC1.Fc1ccccc1. The minimum Gasteiger partial charge on any atom is -0.207 e. The average molecular weight is 180 g/mol. The van der Waals surface area contributed by atoms with Gasteiger partial charge in [0.25, 0.3) is 0 Å². The van der Waals surface area contributed by atoms with Gasteiger partial charge >= 0.3 is 0 Å². The van der Waals surface area contributed by atoms with Gasteiger partial charge in [-0.25, -0.2) is 4.39 Å². The maximum absolute atomic E-state index is 11.9. The lowest BCUT2D eigenvalue weighted by molar-refractivity contribution is 0.504. The highest BCUT2D eigenvalue weighted by molar-refractivity contribution is 5.02. The van der Waals surface area contributed by atoms with E-state index < -0.39 is 0 Å². The van der Waals surface area contributed by atoms with Crippen molar-refractivity contribution < 1.29 is 4.39 Å². The Morgan fingerprint density at radius 1 is 0.692 bits per heavy atom. The summed E-state index contributed by atoms with van der Waals surface area (Å²) in [6, 6.07) is 7.94. The first-order valence-electron chi connectivity index (χ1n) is 5.10. The molecule has 0 aromatic heterocycles. The van der Waals surface area contributed by atoms with E-state index in [0.717, 1.165) is 0 Å². The molecule has 0 saturated heterocycles. The third-order valence-electron chi connectivity index (χ3n) is 2.23. The van der Waals surface area contributed by atoms with E-state index in [0.29, 0.717) is 0 Å². The fourth-order valence-corrected chi connectivity index (χ4v) is 1.48. The smallest absolute Gasteiger partial charge is 0.123 e. The maximum atomic E-state index is 11.9.